The van der Waals surface area contributed by atoms with Gasteiger partial charge in [-0.2, -0.15) is 0 Å². The molecule has 7 nitrogen and oxygen atoms in total. The average Bonchev–Trinajstić information content (AvgIpc) is 2.50. The number of benzene rings is 1. The summed E-state index contributed by atoms with van der Waals surface area (Å²) in [4.78, 5) is 24.2. The molecule has 7 heteroatoms. The fourth-order valence-corrected chi connectivity index (χ4v) is 1.97. The molecule has 0 aromatic heterocycles. The molecule has 0 spiro atoms. The molecule has 0 unspecified atom stereocenters. The highest BCUT2D eigenvalue weighted by atomic mass is 16.6. The van der Waals surface area contributed by atoms with Crippen LogP contribution in [0.2, 0.25) is 0 Å². The Bertz CT molecular complexity index is 501. The van der Waals surface area contributed by atoms with E-state index in [4.69, 9.17) is 0 Å². The van der Waals surface area contributed by atoms with Crippen molar-refractivity contribution in [1.82, 2.24) is 4.90 Å². The molecule has 0 saturated carbocycles. The fourth-order valence-electron chi connectivity index (χ4n) is 1.97. The largest absolute Gasteiger partial charge is 0.465 e. The van der Waals surface area contributed by atoms with Crippen LogP contribution in [-0.2, 0) is 4.74 Å². The molecule has 0 radical (unpaired) electrons. The Labute approximate surface area is 124 Å². The van der Waals surface area contributed by atoms with E-state index in [9.17, 15) is 14.9 Å². The molecular formula is C14H21N3O4. The predicted octanol–water partition coefficient (Wildman–Crippen LogP) is 2.14. The van der Waals surface area contributed by atoms with E-state index in [1.807, 2.05) is 0 Å². The number of nitro benzene ring substituents is 1. The molecule has 116 valence electrons. The van der Waals surface area contributed by atoms with E-state index in [2.05, 4.69) is 28.8 Å². The van der Waals surface area contributed by atoms with Crippen LogP contribution in [0, 0.1) is 10.1 Å². The van der Waals surface area contributed by atoms with Gasteiger partial charge < -0.3 is 15.0 Å². The summed E-state index contributed by atoms with van der Waals surface area (Å²) in [5.74, 6) is -0.517. The number of nitro groups is 1. The van der Waals surface area contributed by atoms with Crippen LogP contribution in [0.15, 0.2) is 18.2 Å². The maximum absolute atomic E-state index is 11.5. The normalized spacial score (nSPS) is 10.5. The summed E-state index contributed by atoms with van der Waals surface area (Å²) in [5.41, 5.74) is 0.561. The number of carbonyl (C=O) groups is 1. The Kier molecular flexibility index (Phi) is 6.61. The quantitative estimate of drug-likeness (QED) is 0.449. The first-order valence-corrected chi connectivity index (χ1v) is 6.86. The predicted molar refractivity (Wildman–Crippen MR) is 80.7 cm³/mol. The lowest BCUT2D eigenvalue weighted by atomic mass is 10.1. The number of nitrogens with zero attached hydrogens (tertiary/aromatic N) is 2. The molecule has 0 aliphatic rings. The van der Waals surface area contributed by atoms with Crippen LogP contribution < -0.4 is 5.32 Å². The third-order valence-electron chi connectivity index (χ3n) is 3.25. The Morgan fingerprint density at radius 3 is 2.57 bits per heavy atom. The number of hydrogen-bond donors (Lipinski definition) is 1. The summed E-state index contributed by atoms with van der Waals surface area (Å²) in [6.07, 6.45) is 0. The van der Waals surface area contributed by atoms with Crippen LogP contribution in [0.4, 0.5) is 11.4 Å². The van der Waals surface area contributed by atoms with Gasteiger partial charge in [0, 0.05) is 19.2 Å². The molecule has 0 saturated heterocycles. The highest BCUT2D eigenvalue weighted by Gasteiger charge is 2.17. The third-order valence-corrected chi connectivity index (χ3v) is 3.25. The zero-order chi connectivity index (χ0) is 15.8. The van der Waals surface area contributed by atoms with Gasteiger partial charge in [-0.05, 0) is 25.2 Å². The number of carbonyl (C=O) groups excluding carboxylic acids is 1. The van der Waals surface area contributed by atoms with Crippen LogP contribution in [0.5, 0.6) is 0 Å². The first kappa shape index (κ1) is 16.9. The summed E-state index contributed by atoms with van der Waals surface area (Å²) >= 11 is 0. The van der Waals surface area contributed by atoms with Crippen molar-refractivity contribution in [1.29, 1.82) is 0 Å². The SMILES string of the molecule is CCN(CC)CCNc1cc(C(=O)OC)ccc1[N+](=O)[O-]. The summed E-state index contributed by atoms with van der Waals surface area (Å²) < 4.78 is 4.62. The van der Waals surface area contributed by atoms with E-state index in [1.165, 1.54) is 25.3 Å². The van der Waals surface area contributed by atoms with Crippen molar-refractivity contribution in [3.05, 3.63) is 33.9 Å². The molecule has 1 N–H and O–H groups in total. The smallest absolute Gasteiger partial charge is 0.337 e. The minimum atomic E-state index is -0.517. The number of esters is 1. The maximum Gasteiger partial charge on any atom is 0.337 e. The average molecular weight is 295 g/mol. The molecule has 0 heterocycles. The highest BCUT2D eigenvalue weighted by molar-refractivity contribution is 5.91. The summed E-state index contributed by atoms with van der Waals surface area (Å²) in [6, 6.07) is 4.15. The summed E-state index contributed by atoms with van der Waals surface area (Å²) in [5, 5.41) is 14.0. The van der Waals surface area contributed by atoms with E-state index in [0.717, 1.165) is 19.6 Å². The number of rotatable bonds is 8. The van der Waals surface area contributed by atoms with Gasteiger partial charge in [0.25, 0.3) is 5.69 Å². The van der Waals surface area contributed by atoms with Gasteiger partial charge in [-0.1, -0.05) is 13.8 Å². The van der Waals surface area contributed by atoms with Crippen molar-refractivity contribution in [2.45, 2.75) is 13.8 Å². The molecule has 0 atom stereocenters. The van der Waals surface area contributed by atoms with Gasteiger partial charge in [-0.25, -0.2) is 4.79 Å². The van der Waals surface area contributed by atoms with E-state index in [-0.39, 0.29) is 11.3 Å². The molecule has 0 bridgehead atoms. The second kappa shape index (κ2) is 8.21. The molecule has 21 heavy (non-hydrogen) atoms. The Balaban J connectivity index is 2.86. The number of nitrogens with one attached hydrogen (secondary N) is 1. The Hall–Kier alpha value is -2.15. The van der Waals surface area contributed by atoms with E-state index < -0.39 is 10.9 Å². The van der Waals surface area contributed by atoms with Crippen LogP contribution in [0.3, 0.4) is 0 Å². The van der Waals surface area contributed by atoms with Crippen LogP contribution in [0.1, 0.15) is 24.2 Å². The zero-order valence-electron chi connectivity index (χ0n) is 12.6. The monoisotopic (exact) mass is 295 g/mol. The van der Waals surface area contributed by atoms with Crippen molar-refractivity contribution >= 4 is 17.3 Å². The highest BCUT2D eigenvalue weighted by Crippen LogP contribution is 2.25. The van der Waals surface area contributed by atoms with Crippen LogP contribution in [-0.4, -0.2) is 49.1 Å². The lowest BCUT2D eigenvalue weighted by molar-refractivity contribution is -0.384. The first-order chi connectivity index (χ1) is 10.0. The zero-order valence-corrected chi connectivity index (χ0v) is 12.6. The second-order valence-corrected chi connectivity index (χ2v) is 4.43. The van der Waals surface area contributed by atoms with Gasteiger partial charge in [0.2, 0.25) is 0 Å². The van der Waals surface area contributed by atoms with Gasteiger partial charge in [-0.15, -0.1) is 0 Å². The molecule has 1 aromatic rings. The molecule has 1 aromatic carbocycles. The molecule has 0 aliphatic carbocycles. The number of methoxy groups -OCH3 is 1. The minimum absolute atomic E-state index is 0.0535. The number of anilines is 1. The number of hydrogen-bond acceptors (Lipinski definition) is 6. The van der Waals surface area contributed by atoms with Crippen molar-refractivity contribution in [3.63, 3.8) is 0 Å². The van der Waals surface area contributed by atoms with Crippen LogP contribution >= 0.6 is 0 Å². The number of likely N-dealkylation sites (N-methyl/N-ethyl adjacent to an activating group) is 1. The van der Waals surface area contributed by atoms with Gasteiger partial charge >= 0.3 is 5.97 Å². The molecule has 0 fully saturated rings. The Morgan fingerprint density at radius 1 is 1.38 bits per heavy atom. The first-order valence-electron chi connectivity index (χ1n) is 6.86. The van der Waals surface area contributed by atoms with Crippen molar-refractivity contribution in [2.75, 3.05) is 38.6 Å². The van der Waals surface area contributed by atoms with Gasteiger partial charge in [0.1, 0.15) is 5.69 Å². The van der Waals surface area contributed by atoms with Crippen LogP contribution in [0.25, 0.3) is 0 Å². The lowest BCUT2D eigenvalue weighted by Gasteiger charge is -2.18. The Morgan fingerprint density at radius 2 is 2.05 bits per heavy atom. The molecule has 1 rings (SSSR count). The molecule has 0 amide bonds. The van der Waals surface area contributed by atoms with E-state index >= 15 is 0 Å². The molecule has 0 aliphatic heterocycles. The topological polar surface area (TPSA) is 84.7 Å². The van der Waals surface area contributed by atoms with Gasteiger partial charge in [-0.3, -0.25) is 10.1 Å². The van der Waals surface area contributed by atoms with Gasteiger partial charge in [0.15, 0.2) is 0 Å². The van der Waals surface area contributed by atoms with E-state index in [1.54, 1.807) is 0 Å². The van der Waals surface area contributed by atoms with Gasteiger partial charge in [0.05, 0.1) is 17.6 Å². The van der Waals surface area contributed by atoms with Crippen molar-refractivity contribution in [3.8, 4) is 0 Å². The standard InChI is InChI=1S/C14H21N3O4/c1-4-16(5-2)9-8-15-12-10-11(14(18)21-3)6-7-13(12)17(19)20/h6-7,10,15H,4-5,8-9H2,1-3H3. The number of ether oxygens (including phenoxy) is 1. The van der Waals surface area contributed by atoms with Crippen molar-refractivity contribution in [2.24, 2.45) is 0 Å². The fraction of sp³-hybridized carbons (Fsp3) is 0.500. The third kappa shape index (κ3) is 4.71. The summed E-state index contributed by atoms with van der Waals surface area (Å²) in [6.45, 7) is 7.29. The minimum Gasteiger partial charge on any atom is -0.465 e. The van der Waals surface area contributed by atoms with Crippen molar-refractivity contribution < 1.29 is 14.5 Å². The van der Waals surface area contributed by atoms with E-state index in [0.29, 0.717) is 12.2 Å². The summed E-state index contributed by atoms with van der Waals surface area (Å²) in [7, 11) is 1.28. The second-order valence-electron chi connectivity index (χ2n) is 4.43. The lowest BCUT2D eigenvalue weighted by Crippen LogP contribution is -2.28. The maximum atomic E-state index is 11.5. The molecular weight excluding hydrogens is 274 g/mol.